The first kappa shape index (κ1) is 11.8. The number of tetrazole rings is 1. The predicted octanol–water partition coefficient (Wildman–Crippen LogP) is 0.735. The highest BCUT2D eigenvalue weighted by Gasteiger charge is 2.28. The van der Waals surface area contributed by atoms with Gasteiger partial charge >= 0.3 is 0 Å². The topological polar surface area (TPSA) is 76.8 Å². The molecule has 1 amide bonds. The van der Waals surface area contributed by atoms with Crippen LogP contribution in [0.5, 0.6) is 0 Å². The average Bonchev–Trinajstić information content (AvgIpc) is 2.86. The van der Waals surface area contributed by atoms with Crippen LogP contribution in [0.1, 0.15) is 28.0 Å². The molecule has 98 valence electrons. The van der Waals surface area contributed by atoms with Crippen molar-refractivity contribution in [1.82, 2.24) is 25.2 Å². The monoisotopic (exact) mass is 258 g/mol. The molecule has 0 atom stereocenters. The number of anilines is 1. The minimum Gasteiger partial charge on any atom is -0.274 e. The molecular weight excluding hydrogens is 244 g/mol. The first-order chi connectivity index (χ1) is 9.16. The van der Waals surface area contributed by atoms with Crippen molar-refractivity contribution in [1.29, 1.82) is 0 Å². The molecule has 2 aromatic rings. The van der Waals surface area contributed by atoms with Crippen LogP contribution >= 0.6 is 0 Å². The fraction of sp³-hybridized carbons (Fsp3) is 0.417. The Bertz CT molecular complexity index is 635. The van der Waals surface area contributed by atoms with E-state index in [0.29, 0.717) is 18.2 Å². The van der Waals surface area contributed by atoms with Crippen LogP contribution in [-0.2, 0) is 6.54 Å². The molecule has 0 radical (unpaired) electrons. The molecule has 7 nitrogen and oxygen atoms in total. The van der Waals surface area contributed by atoms with E-state index in [1.165, 1.54) is 0 Å². The Labute approximate surface area is 110 Å². The Hall–Kier alpha value is -2.31. The quantitative estimate of drug-likeness (QED) is 0.753. The summed E-state index contributed by atoms with van der Waals surface area (Å²) in [5.41, 5.74) is 2.37. The lowest BCUT2D eigenvalue weighted by atomic mass is 10.1. The number of carbonyl (C=O) groups is 1. The molecule has 7 heteroatoms. The summed E-state index contributed by atoms with van der Waals surface area (Å²) < 4.78 is 1.64. The van der Waals surface area contributed by atoms with Crippen LogP contribution in [0.4, 0.5) is 5.95 Å². The number of nitrogens with zero attached hydrogens (tertiary/aromatic N) is 6. The maximum atomic E-state index is 12.5. The van der Waals surface area contributed by atoms with E-state index in [-0.39, 0.29) is 5.91 Å². The van der Waals surface area contributed by atoms with E-state index >= 15 is 0 Å². The second kappa shape index (κ2) is 4.42. The highest BCUT2D eigenvalue weighted by Crippen LogP contribution is 2.19. The largest absolute Gasteiger partial charge is 0.279 e. The molecule has 0 N–H and O–H groups in total. The lowest BCUT2D eigenvalue weighted by Gasteiger charge is -2.25. The van der Waals surface area contributed by atoms with Crippen LogP contribution in [0.15, 0.2) is 12.3 Å². The lowest BCUT2D eigenvalue weighted by Crippen LogP contribution is -2.38. The van der Waals surface area contributed by atoms with Gasteiger partial charge in [0.05, 0.1) is 0 Å². The first-order valence-electron chi connectivity index (χ1n) is 6.18. The molecule has 0 unspecified atom stereocenters. The van der Waals surface area contributed by atoms with Gasteiger partial charge in [-0.05, 0) is 41.8 Å². The summed E-state index contributed by atoms with van der Waals surface area (Å²) in [5.74, 6) is 0.353. The van der Waals surface area contributed by atoms with Crippen molar-refractivity contribution in [2.24, 2.45) is 0 Å². The van der Waals surface area contributed by atoms with Crippen LogP contribution in [0.3, 0.4) is 0 Å². The van der Waals surface area contributed by atoms with Gasteiger partial charge in [0.2, 0.25) is 0 Å². The Kier molecular flexibility index (Phi) is 2.73. The third kappa shape index (κ3) is 1.96. The summed E-state index contributed by atoms with van der Waals surface area (Å²) in [7, 11) is 0. The van der Waals surface area contributed by atoms with Crippen LogP contribution in [0, 0.1) is 13.8 Å². The predicted molar refractivity (Wildman–Crippen MR) is 67.8 cm³/mol. The third-order valence-electron chi connectivity index (χ3n) is 3.17. The number of aromatic nitrogens is 5. The number of pyridine rings is 1. The first-order valence-corrected chi connectivity index (χ1v) is 6.18. The molecule has 0 spiro atoms. The Balaban J connectivity index is 1.98. The van der Waals surface area contributed by atoms with Crippen molar-refractivity contribution in [3.63, 3.8) is 0 Å². The number of fused-ring (bicyclic) bond motifs is 1. The molecule has 0 aromatic carbocycles. The second-order valence-electron chi connectivity index (χ2n) is 4.69. The van der Waals surface area contributed by atoms with E-state index < -0.39 is 0 Å². The fourth-order valence-electron chi connectivity index (χ4n) is 2.28. The summed E-state index contributed by atoms with van der Waals surface area (Å²) in [6.45, 7) is 5.20. The minimum atomic E-state index is -0.145. The van der Waals surface area contributed by atoms with Gasteiger partial charge in [0.25, 0.3) is 11.9 Å². The molecule has 1 aliphatic heterocycles. The second-order valence-corrected chi connectivity index (χ2v) is 4.69. The number of carbonyl (C=O) groups excluding carboxylic acids is 1. The number of rotatable bonds is 1. The third-order valence-corrected chi connectivity index (χ3v) is 3.17. The molecule has 1 aliphatic rings. The Morgan fingerprint density at radius 2 is 2.16 bits per heavy atom. The Morgan fingerprint density at radius 1 is 1.32 bits per heavy atom. The van der Waals surface area contributed by atoms with Crippen molar-refractivity contribution >= 4 is 11.9 Å². The van der Waals surface area contributed by atoms with Gasteiger partial charge in [0.15, 0.2) is 0 Å². The van der Waals surface area contributed by atoms with E-state index in [0.717, 1.165) is 24.1 Å². The average molecular weight is 258 g/mol. The zero-order valence-corrected chi connectivity index (χ0v) is 10.9. The summed E-state index contributed by atoms with van der Waals surface area (Å²) in [4.78, 5) is 18.4. The van der Waals surface area contributed by atoms with Crippen LogP contribution < -0.4 is 4.90 Å². The van der Waals surface area contributed by atoms with Gasteiger partial charge in [-0.15, -0.1) is 0 Å². The van der Waals surface area contributed by atoms with Gasteiger partial charge in [0.1, 0.15) is 5.69 Å². The molecule has 19 heavy (non-hydrogen) atoms. The molecule has 0 fully saturated rings. The zero-order valence-electron chi connectivity index (χ0n) is 10.9. The number of amides is 1. The highest BCUT2D eigenvalue weighted by atomic mass is 16.2. The zero-order chi connectivity index (χ0) is 13.4. The van der Waals surface area contributed by atoms with E-state index in [1.807, 2.05) is 19.9 Å². The van der Waals surface area contributed by atoms with Crippen molar-refractivity contribution in [2.45, 2.75) is 26.8 Å². The molecule has 3 rings (SSSR count). The van der Waals surface area contributed by atoms with E-state index in [1.54, 1.807) is 15.8 Å². The minimum absolute atomic E-state index is 0.145. The van der Waals surface area contributed by atoms with Crippen molar-refractivity contribution < 1.29 is 4.79 Å². The van der Waals surface area contributed by atoms with Gasteiger partial charge in [-0.25, -0.2) is 4.68 Å². The maximum absolute atomic E-state index is 12.5. The van der Waals surface area contributed by atoms with E-state index in [2.05, 4.69) is 20.5 Å². The van der Waals surface area contributed by atoms with Gasteiger partial charge < -0.3 is 0 Å². The summed E-state index contributed by atoms with van der Waals surface area (Å²) in [5, 5.41) is 11.4. The molecule has 3 heterocycles. The van der Waals surface area contributed by atoms with Crippen molar-refractivity contribution in [2.75, 3.05) is 11.4 Å². The van der Waals surface area contributed by atoms with Gasteiger partial charge in [-0.2, -0.15) is 0 Å². The summed E-state index contributed by atoms with van der Waals surface area (Å²) >= 11 is 0. The SMILES string of the molecule is Cc1cnc(C(=O)N2CCCn3nnnc32)c(C)c1. The molecule has 2 aromatic heterocycles. The number of hydrogen-bond donors (Lipinski definition) is 0. The normalized spacial score (nSPS) is 14.3. The van der Waals surface area contributed by atoms with Crippen molar-refractivity contribution in [3.05, 3.63) is 29.1 Å². The Morgan fingerprint density at radius 3 is 2.95 bits per heavy atom. The molecule has 0 saturated carbocycles. The van der Waals surface area contributed by atoms with Crippen LogP contribution in [-0.4, -0.2) is 37.6 Å². The van der Waals surface area contributed by atoms with Crippen molar-refractivity contribution in [3.8, 4) is 0 Å². The highest BCUT2D eigenvalue weighted by molar-refractivity contribution is 6.04. The maximum Gasteiger partial charge on any atom is 0.279 e. The molecular formula is C12H14N6O. The number of hydrogen-bond acceptors (Lipinski definition) is 5. The number of aryl methyl sites for hydroxylation is 3. The molecule has 0 aliphatic carbocycles. The van der Waals surface area contributed by atoms with Gasteiger partial charge in [0, 0.05) is 19.3 Å². The van der Waals surface area contributed by atoms with Gasteiger partial charge in [-0.3, -0.25) is 14.7 Å². The summed E-state index contributed by atoms with van der Waals surface area (Å²) in [6.07, 6.45) is 2.54. The summed E-state index contributed by atoms with van der Waals surface area (Å²) in [6, 6.07) is 1.95. The lowest BCUT2D eigenvalue weighted by molar-refractivity contribution is 0.0975. The van der Waals surface area contributed by atoms with Crippen LogP contribution in [0.25, 0.3) is 0 Å². The van der Waals surface area contributed by atoms with E-state index in [4.69, 9.17) is 0 Å². The smallest absolute Gasteiger partial charge is 0.274 e. The van der Waals surface area contributed by atoms with E-state index in [9.17, 15) is 4.79 Å². The van der Waals surface area contributed by atoms with Crippen LogP contribution in [0.2, 0.25) is 0 Å². The molecule has 0 bridgehead atoms. The standard InChI is InChI=1S/C12H14N6O/c1-8-6-9(2)10(13-7-8)11(19)17-4-3-5-18-12(17)14-15-16-18/h6-7H,3-5H2,1-2H3. The molecule has 0 saturated heterocycles. The fourth-order valence-corrected chi connectivity index (χ4v) is 2.28. The van der Waals surface area contributed by atoms with Gasteiger partial charge in [-0.1, -0.05) is 11.2 Å².